The van der Waals surface area contributed by atoms with Crippen LogP contribution in [0.3, 0.4) is 0 Å². The van der Waals surface area contributed by atoms with Crippen LogP contribution in [0.15, 0.2) is 142 Å². The predicted molar refractivity (Wildman–Crippen MR) is 182 cm³/mol. The van der Waals surface area contributed by atoms with E-state index in [0.717, 1.165) is 17.8 Å². The fourth-order valence-electron chi connectivity index (χ4n) is 8.65. The zero-order chi connectivity index (χ0) is 29.6. The first kappa shape index (κ1) is 29.0. The Balaban J connectivity index is 0.000000209. The Kier molecular flexibility index (Phi) is 8.07. The fourth-order valence-corrected chi connectivity index (χ4v) is 25.2. The Bertz CT molecular complexity index is 1520. The third kappa shape index (κ3) is 5.53. The minimum absolute atomic E-state index is 0.474. The summed E-state index contributed by atoms with van der Waals surface area (Å²) < 4.78 is 6.49. The quantitative estimate of drug-likeness (QED) is 0.208. The molecule has 5 aliphatic carbocycles. The van der Waals surface area contributed by atoms with Gasteiger partial charge in [0.2, 0.25) is 0 Å². The molecule has 1 unspecified atom stereocenters. The van der Waals surface area contributed by atoms with E-state index in [0.29, 0.717) is 11.5 Å². The summed E-state index contributed by atoms with van der Waals surface area (Å²) in [6.45, 7) is 8.32. The fraction of sp³-hybridized carbons (Fsp3) is 0.300. The summed E-state index contributed by atoms with van der Waals surface area (Å²) in [6, 6.07) is 44.0. The standard InChI is InChI=1S/C12H11Si.C12H10.C9H13.C7H10N.Ti/c1-3-7-11(8-4-1)13-12-9-5-2-6-10-12;1-3-7-11(8-4-1)12-9-5-2-6-10-12;1-6-5-7(2)9(4)8(6)3;8-7-1-4-5(2-7)6(4)3-7;/h1-10,13H;1-10H;6H,1-4H3;4-6,8H,1-3H2;/q;;;-1;+1. The molecule has 1 atom stereocenters. The first-order valence-electron chi connectivity index (χ1n) is 16.2. The smallest absolute Gasteiger partial charge is 0.0184 e. The van der Waals surface area contributed by atoms with Crippen molar-refractivity contribution < 1.29 is 17.4 Å². The van der Waals surface area contributed by atoms with E-state index >= 15 is 0 Å². The molecular weight excluding hydrogens is 570 g/mol. The first-order valence-corrected chi connectivity index (χ1v) is 22.2. The van der Waals surface area contributed by atoms with Gasteiger partial charge in [0.25, 0.3) is 0 Å². The maximum Gasteiger partial charge on any atom is -0.0184 e. The molecule has 0 spiro atoms. The summed E-state index contributed by atoms with van der Waals surface area (Å²) in [7, 11) is 0. The van der Waals surface area contributed by atoms with Crippen molar-refractivity contribution in [2.45, 2.75) is 52.5 Å². The maximum absolute atomic E-state index is 4.63. The van der Waals surface area contributed by atoms with Gasteiger partial charge in [-0.25, -0.2) is 0 Å². The van der Waals surface area contributed by atoms with Gasteiger partial charge in [-0.05, 0) is 11.1 Å². The van der Waals surface area contributed by atoms with Gasteiger partial charge in [0.05, 0.1) is 0 Å². The van der Waals surface area contributed by atoms with Gasteiger partial charge in [-0.1, -0.05) is 60.7 Å². The Labute approximate surface area is 266 Å². The molecule has 1 nitrogen and oxygen atoms in total. The minimum atomic E-state index is -1.80. The van der Waals surface area contributed by atoms with E-state index in [1.54, 1.807) is 27.1 Å². The topological polar surface area (TPSA) is 12.0 Å². The van der Waals surface area contributed by atoms with Crippen LogP contribution in [-0.4, -0.2) is 12.2 Å². The molecule has 43 heavy (non-hydrogen) atoms. The first-order chi connectivity index (χ1) is 21.0. The van der Waals surface area contributed by atoms with Crippen molar-refractivity contribution in [2.24, 2.45) is 23.7 Å². The van der Waals surface area contributed by atoms with Gasteiger partial charge in [0.1, 0.15) is 0 Å². The number of rotatable bonds is 7. The second-order valence-electron chi connectivity index (χ2n) is 13.5. The zero-order valence-corrected chi connectivity index (χ0v) is 28.8. The van der Waals surface area contributed by atoms with E-state index in [1.165, 1.54) is 30.4 Å². The SMILES string of the molecule is CC1=C(C)C(C)[C]([Ti]([NH]C23CC4C(C2)C4C3)[SiH](c2ccccc2)c2ccccc2)=C1C.c1ccc(-c2ccccc2)cc1. The Morgan fingerprint density at radius 2 is 0.977 bits per heavy atom. The van der Waals surface area contributed by atoms with Crippen LogP contribution in [0, 0.1) is 23.7 Å². The van der Waals surface area contributed by atoms with Crippen LogP contribution in [0.5, 0.6) is 0 Å². The molecule has 4 bridgehead atoms. The molecular formula is C40H44NSiTi. The van der Waals surface area contributed by atoms with Gasteiger partial charge >= 0.3 is 196 Å². The Morgan fingerprint density at radius 3 is 1.35 bits per heavy atom. The van der Waals surface area contributed by atoms with Gasteiger partial charge in [-0.2, -0.15) is 0 Å². The van der Waals surface area contributed by atoms with Gasteiger partial charge in [-0.15, -0.1) is 0 Å². The van der Waals surface area contributed by atoms with Crippen molar-refractivity contribution >= 4 is 17.0 Å². The number of allylic oxidation sites excluding steroid dienone is 4. The largest absolute Gasteiger partial charge is 0.0622 e. The monoisotopic (exact) mass is 614 g/mol. The van der Waals surface area contributed by atoms with Gasteiger partial charge in [0, 0.05) is 0 Å². The molecule has 1 N–H and O–H groups in total. The summed E-state index contributed by atoms with van der Waals surface area (Å²) in [5, 5.41) is 3.28. The molecule has 4 fully saturated rings. The van der Waals surface area contributed by atoms with Crippen LogP contribution < -0.4 is 14.2 Å². The molecule has 0 heterocycles. The summed E-state index contributed by atoms with van der Waals surface area (Å²) in [6.07, 6.45) is 4.40. The van der Waals surface area contributed by atoms with Crippen LogP contribution in [0.2, 0.25) is 0 Å². The average molecular weight is 615 g/mol. The third-order valence-corrected chi connectivity index (χ3v) is 25.0. The molecule has 5 aliphatic rings. The van der Waals surface area contributed by atoms with Gasteiger partial charge in [-0.3, -0.25) is 0 Å². The van der Waals surface area contributed by atoms with Crippen LogP contribution in [0.1, 0.15) is 47.0 Å². The molecule has 9 rings (SSSR count). The molecule has 0 amide bonds. The molecule has 0 aliphatic heterocycles. The zero-order valence-electron chi connectivity index (χ0n) is 26.1. The molecule has 217 valence electrons. The average Bonchev–Trinajstić information content (AvgIpc) is 3.44. The van der Waals surface area contributed by atoms with E-state index in [4.69, 9.17) is 0 Å². The van der Waals surface area contributed by atoms with Crippen molar-refractivity contribution in [2.75, 3.05) is 0 Å². The van der Waals surface area contributed by atoms with Crippen molar-refractivity contribution in [1.82, 2.24) is 3.80 Å². The molecule has 4 saturated carbocycles. The second kappa shape index (κ2) is 12.0. The summed E-state index contributed by atoms with van der Waals surface area (Å²) in [5.74, 6) is 3.82. The van der Waals surface area contributed by atoms with Crippen LogP contribution in [-0.2, 0) is 17.4 Å². The molecule has 4 aromatic rings. The van der Waals surface area contributed by atoms with Crippen molar-refractivity contribution in [3.63, 3.8) is 0 Å². The van der Waals surface area contributed by atoms with Crippen LogP contribution >= 0.6 is 0 Å². The summed E-state index contributed by atoms with van der Waals surface area (Å²) >= 11 is -1.80. The van der Waals surface area contributed by atoms with Crippen molar-refractivity contribution in [3.8, 4) is 11.1 Å². The number of hydrogen-bond donors (Lipinski definition) is 1. The van der Waals surface area contributed by atoms with Crippen molar-refractivity contribution in [1.29, 1.82) is 0 Å². The van der Waals surface area contributed by atoms with Crippen molar-refractivity contribution in [3.05, 3.63) is 142 Å². The predicted octanol–water partition coefficient (Wildman–Crippen LogP) is 8.06. The molecule has 4 aromatic carbocycles. The number of benzene rings is 4. The maximum atomic E-state index is 4.63. The van der Waals surface area contributed by atoms with Gasteiger partial charge < -0.3 is 0 Å². The summed E-state index contributed by atoms with van der Waals surface area (Å²) in [4.78, 5) is 0. The van der Waals surface area contributed by atoms with E-state index in [-0.39, 0.29) is 0 Å². The van der Waals surface area contributed by atoms with E-state index in [1.807, 2.05) is 16.0 Å². The van der Waals surface area contributed by atoms with Crippen LogP contribution in [0.4, 0.5) is 0 Å². The van der Waals surface area contributed by atoms with E-state index in [2.05, 4.69) is 141 Å². The number of nitrogens with one attached hydrogen (secondary N) is 1. The van der Waals surface area contributed by atoms with E-state index in [9.17, 15) is 0 Å². The molecule has 3 heteroatoms. The third-order valence-electron chi connectivity index (χ3n) is 11.2. The summed E-state index contributed by atoms with van der Waals surface area (Å²) in [5.41, 5.74) is 7.85. The Hall–Kier alpha value is -2.75. The minimum Gasteiger partial charge on any atom is -0.0622 e. The van der Waals surface area contributed by atoms with Gasteiger partial charge in [0.15, 0.2) is 0 Å². The normalized spacial score (nSPS) is 26.5. The Morgan fingerprint density at radius 1 is 0.581 bits per heavy atom. The molecule has 0 aromatic heterocycles. The molecule has 0 saturated heterocycles. The van der Waals surface area contributed by atoms with Crippen LogP contribution in [0.25, 0.3) is 11.1 Å². The number of hydrogen-bond acceptors (Lipinski definition) is 1. The van der Waals surface area contributed by atoms with E-state index < -0.39 is 24.0 Å². The second-order valence-corrected chi connectivity index (χ2v) is 23.3. The molecule has 0 radical (unpaired) electrons.